The van der Waals surface area contributed by atoms with Crippen molar-refractivity contribution in [2.24, 2.45) is 11.3 Å². The van der Waals surface area contributed by atoms with Crippen LogP contribution in [0.15, 0.2) is 0 Å². The normalized spacial score (nSPS) is 22.8. The van der Waals surface area contributed by atoms with Gasteiger partial charge in [-0.15, -0.1) is 12.4 Å². The fraction of sp³-hybridized carbons (Fsp3) is 0.625. The second-order valence-electron chi connectivity index (χ2n) is 3.36. The van der Waals surface area contributed by atoms with Crippen molar-refractivity contribution < 1.29 is 29.7 Å². The zero-order valence-electron chi connectivity index (χ0n) is 7.67. The number of carbonyl (C=O) groups is 3. The first-order valence-electron chi connectivity index (χ1n) is 4.12. The van der Waals surface area contributed by atoms with Crippen LogP contribution in [0.25, 0.3) is 0 Å². The molecule has 1 saturated carbocycles. The lowest BCUT2D eigenvalue weighted by atomic mass is 9.78. The topological polar surface area (TPSA) is 112 Å². The van der Waals surface area contributed by atoms with Crippen LogP contribution in [-0.2, 0) is 14.4 Å². The van der Waals surface area contributed by atoms with Gasteiger partial charge in [0.05, 0.1) is 5.92 Å². The van der Waals surface area contributed by atoms with Crippen molar-refractivity contribution in [2.75, 3.05) is 0 Å². The van der Waals surface area contributed by atoms with E-state index in [1.165, 1.54) is 0 Å². The summed E-state index contributed by atoms with van der Waals surface area (Å²) in [6.07, 6.45) is 0.304. The molecule has 3 N–H and O–H groups in total. The van der Waals surface area contributed by atoms with Crippen LogP contribution in [0.4, 0.5) is 0 Å². The predicted molar refractivity (Wildman–Crippen MR) is 49.9 cm³/mol. The van der Waals surface area contributed by atoms with E-state index in [0.29, 0.717) is 6.42 Å². The van der Waals surface area contributed by atoms with Gasteiger partial charge in [0.1, 0.15) is 0 Å². The standard InChI is InChI=1S/C8H10O6.ClH/c9-5(10)4-2-1-3-8(4,6(11)12)7(13)14;/h4H,1-3H2,(H,9,10)(H,11,12)(H,13,14);1H. The molecule has 1 aliphatic rings. The SMILES string of the molecule is Cl.O=C(O)C1CCCC1(C(=O)O)C(=O)O. The number of halogens is 1. The van der Waals surface area contributed by atoms with Crippen LogP contribution in [0.1, 0.15) is 19.3 Å². The van der Waals surface area contributed by atoms with Crippen molar-refractivity contribution >= 4 is 30.3 Å². The zero-order valence-corrected chi connectivity index (χ0v) is 8.49. The van der Waals surface area contributed by atoms with Crippen LogP contribution in [0.3, 0.4) is 0 Å². The van der Waals surface area contributed by atoms with E-state index in [1.807, 2.05) is 0 Å². The summed E-state index contributed by atoms with van der Waals surface area (Å²) in [5.74, 6) is -5.80. The molecule has 0 amide bonds. The molecular formula is C8H11ClO6. The average molecular weight is 239 g/mol. The third kappa shape index (κ3) is 1.90. The molecule has 0 aromatic carbocycles. The quantitative estimate of drug-likeness (QED) is 0.616. The molecular weight excluding hydrogens is 228 g/mol. The Morgan fingerprint density at radius 2 is 1.53 bits per heavy atom. The fourth-order valence-electron chi connectivity index (χ4n) is 1.94. The summed E-state index contributed by atoms with van der Waals surface area (Å²) in [6, 6.07) is 0. The highest BCUT2D eigenvalue weighted by Crippen LogP contribution is 2.44. The van der Waals surface area contributed by atoms with E-state index in [4.69, 9.17) is 15.3 Å². The highest BCUT2D eigenvalue weighted by molar-refractivity contribution is 6.02. The molecule has 0 aromatic heterocycles. The molecule has 1 atom stereocenters. The number of rotatable bonds is 3. The molecule has 0 spiro atoms. The van der Waals surface area contributed by atoms with E-state index < -0.39 is 29.2 Å². The van der Waals surface area contributed by atoms with Crippen molar-refractivity contribution in [3.8, 4) is 0 Å². The number of carboxylic acid groups (broad SMARTS) is 3. The summed E-state index contributed by atoms with van der Waals surface area (Å²) in [4.78, 5) is 32.4. The Balaban J connectivity index is 0.00000196. The Morgan fingerprint density at radius 3 is 1.80 bits per heavy atom. The van der Waals surface area contributed by atoms with Gasteiger partial charge < -0.3 is 15.3 Å². The number of hydrogen-bond donors (Lipinski definition) is 3. The van der Waals surface area contributed by atoms with Crippen LogP contribution in [0.2, 0.25) is 0 Å². The lowest BCUT2D eigenvalue weighted by Crippen LogP contribution is -2.45. The first kappa shape index (κ1) is 13.7. The minimum absolute atomic E-state index is 0. The molecule has 0 heterocycles. The van der Waals surface area contributed by atoms with Crippen molar-refractivity contribution in [3.05, 3.63) is 0 Å². The van der Waals surface area contributed by atoms with E-state index in [9.17, 15) is 14.4 Å². The molecule has 0 aliphatic heterocycles. The summed E-state index contributed by atoms with van der Waals surface area (Å²) in [7, 11) is 0. The van der Waals surface area contributed by atoms with Crippen LogP contribution >= 0.6 is 12.4 Å². The lowest BCUT2D eigenvalue weighted by Gasteiger charge is -2.23. The molecule has 0 radical (unpaired) electrons. The van der Waals surface area contributed by atoms with E-state index in [-0.39, 0.29) is 25.2 Å². The van der Waals surface area contributed by atoms with E-state index in [2.05, 4.69) is 0 Å². The van der Waals surface area contributed by atoms with Gasteiger partial charge in [0.15, 0.2) is 5.41 Å². The molecule has 15 heavy (non-hydrogen) atoms. The van der Waals surface area contributed by atoms with Gasteiger partial charge in [0, 0.05) is 0 Å². The summed E-state index contributed by atoms with van der Waals surface area (Å²) in [5, 5.41) is 26.3. The maximum Gasteiger partial charge on any atom is 0.321 e. The molecule has 1 aliphatic carbocycles. The third-order valence-electron chi connectivity index (χ3n) is 2.72. The van der Waals surface area contributed by atoms with Crippen LogP contribution in [-0.4, -0.2) is 33.2 Å². The second kappa shape index (κ2) is 4.48. The Kier molecular flexibility index (Phi) is 4.09. The van der Waals surface area contributed by atoms with Crippen molar-refractivity contribution in [1.29, 1.82) is 0 Å². The van der Waals surface area contributed by atoms with Crippen molar-refractivity contribution in [1.82, 2.24) is 0 Å². The smallest absolute Gasteiger partial charge is 0.321 e. The van der Waals surface area contributed by atoms with Gasteiger partial charge in [-0.2, -0.15) is 0 Å². The van der Waals surface area contributed by atoms with Gasteiger partial charge in [0.2, 0.25) is 0 Å². The average Bonchev–Trinajstić information content (AvgIpc) is 2.47. The van der Waals surface area contributed by atoms with Gasteiger partial charge in [-0.3, -0.25) is 14.4 Å². The molecule has 0 saturated heterocycles. The Morgan fingerprint density at radius 1 is 1.07 bits per heavy atom. The van der Waals surface area contributed by atoms with Gasteiger partial charge in [0.25, 0.3) is 0 Å². The molecule has 1 fully saturated rings. The van der Waals surface area contributed by atoms with Gasteiger partial charge in [-0.25, -0.2) is 0 Å². The van der Waals surface area contributed by atoms with Gasteiger partial charge in [-0.05, 0) is 12.8 Å². The highest BCUT2D eigenvalue weighted by Gasteiger charge is 2.58. The second-order valence-corrected chi connectivity index (χ2v) is 3.36. The summed E-state index contributed by atoms with van der Waals surface area (Å²) < 4.78 is 0. The van der Waals surface area contributed by atoms with Crippen LogP contribution < -0.4 is 0 Å². The number of aliphatic carboxylic acids is 3. The molecule has 1 unspecified atom stereocenters. The minimum Gasteiger partial charge on any atom is -0.481 e. The van der Waals surface area contributed by atoms with Crippen LogP contribution in [0, 0.1) is 11.3 Å². The van der Waals surface area contributed by atoms with E-state index in [1.54, 1.807) is 0 Å². The van der Waals surface area contributed by atoms with Crippen molar-refractivity contribution in [3.63, 3.8) is 0 Å². The first-order valence-corrected chi connectivity index (χ1v) is 4.12. The molecule has 1 rings (SSSR count). The van der Waals surface area contributed by atoms with Gasteiger partial charge in [-0.1, -0.05) is 6.42 Å². The summed E-state index contributed by atoms with van der Waals surface area (Å²) in [5.41, 5.74) is -2.13. The van der Waals surface area contributed by atoms with E-state index in [0.717, 1.165) is 0 Å². The number of carboxylic acids is 3. The van der Waals surface area contributed by atoms with Crippen LogP contribution in [0.5, 0.6) is 0 Å². The highest BCUT2D eigenvalue weighted by atomic mass is 35.5. The summed E-state index contributed by atoms with van der Waals surface area (Å²) in [6.45, 7) is 0. The Bertz CT molecular complexity index is 286. The fourth-order valence-corrected chi connectivity index (χ4v) is 1.94. The summed E-state index contributed by atoms with van der Waals surface area (Å²) >= 11 is 0. The largest absolute Gasteiger partial charge is 0.481 e. The lowest BCUT2D eigenvalue weighted by molar-refractivity contribution is -0.173. The molecule has 0 aromatic rings. The molecule has 86 valence electrons. The van der Waals surface area contributed by atoms with Crippen molar-refractivity contribution in [2.45, 2.75) is 19.3 Å². The minimum atomic E-state index is -2.13. The molecule has 7 heteroatoms. The Labute approximate surface area is 91.3 Å². The zero-order chi connectivity index (χ0) is 10.9. The Hall–Kier alpha value is -1.30. The monoisotopic (exact) mass is 238 g/mol. The maximum absolute atomic E-state index is 10.8. The predicted octanol–water partition coefficient (Wildman–Crippen LogP) is 0.448. The maximum atomic E-state index is 10.8. The van der Waals surface area contributed by atoms with E-state index >= 15 is 0 Å². The van der Waals surface area contributed by atoms with Gasteiger partial charge >= 0.3 is 17.9 Å². The molecule has 6 nitrogen and oxygen atoms in total. The first-order chi connectivity index (χ1) is 6.43. The third-order valence-corrected chi connectivity index (χ3v) is 2.72. The molecule has 0 bridgehead atoms. The number of hydrogen-bond acceptors (Lipinski definition) is 3.